The van der Waals surface area contributed by atoms with Gasteiger partial charge in [-0.05, 0) is 12.1 Å². The van der Waals surface area contributed by atoms with Gasteiger partial charge in [-0.2, -0.15) is 0 Å². The minimum Gasteiger partial charge on any atom is -0.494 e. The zero-order chi connectivity index (χ0) is 10.0. The maximum atomic E-state index is 10.7. The van der Waals surface area contributed by atoms with E-state index in [4.69, 9.17) is 33.0 Å². The van der Waals surface area contributed by atoms with Crippen LogP contribution in [0, 0.1) is 0 Å². The molecule has 1 aromatic rings. The molecule has 0 aliphatic carbocycles. The highest BCUT2D eigenvalue weighted by Crippen LogP contribution is 2.31. The maximum absolute atomic E-state index is 10.7. The SMILES string of the molecule is COc1c(Cl)cc(Cl)cc1C(=O)O. The third-order valence-corrected chi connectivity index (χ3v) is 1.94. The lowest BCUT2D eigenvalue weighted by atomic mass is 10.2. The standard InChI is InChI=1S/C8H6Cl2O3/c1-13-7-5(8(11)12)2-4(9)3-6(7)10/h2-3H,1H3,(H,11,12). The van der Waals surface area contributed by atoms with Gasteiger partial charge in [0.15, 0.2) is 5.75 Å². The number of carbonyl (C=O) groups is 1. The second-order valence-corrected chi connectivity index (χ2v) is 3.12. The van der Waals surface area contributed by atoms with Gasteiger partial charge in [0.2, 0.25) is 0 Å². The van der Waals surface area contributed by atoms with Gasteiger partial charge in [0.1, 0.15) is 5.56 Å². The summed E-state index contributed by atoms with van der Waals surface area (Å²) in [6.07, 6.45) is 0. The molecular weight excluding hydrogens is 215 g/mol. The van der Waals surface area contributed by atoms with Crippen LogP contribution in [0.1, 0.15) is 10.4 Å². The molecule has 0 saturated carbocycles. The van der Waals surface area contributed by atoms with E-state index in [0.29, 0.717) is 0 Å². The normalized spacial score (nSPS) is 9.77. The van der Waals surface area contributed by atoms with Crippen LogP contribution in [0.15, 0.2) is 12.1 Å². The molecule has 0 atom stereocenters. The van der Waals surface area contributed by atoms with Crippen LogP contribution in [0.2, 0.25) is 10.0 Å². The number of aromatic carboxylic acids is 1. The van der Waals surface area contributed by atoms with Gasteiger partial charge in [-0.3, -0.25) is 0 Å². The van der Waals surface area contributed by atoms with E-state index in [1.165, 1.54) is 19.2 Å². The fourth-order valence-electron chi connectivity index (χ4n) is 0.927. The average Bonchev–Trinajstić information content (AvgIpc) is 2.02. The summed E-state index contributed by atoms with van der Waals surface area (Å²) in [6.45, 7) is 0. The Morgan fingerprint density at radius 2 is 2.08 bits per heavy atom. The molecule has 70 valence electrons. The molecular formula is C8H6Cl2O3. The van der Waals surface area contributed by atoms with Crippen molar-refractivity contribution in [2.45, 2.75) is 0 Å². The molecule has 1 N–H and O–H groups in total. The Kier molecular flexibility index (Phi) is 3.01. The molecule has 0 fully saturated rings. The van der Waals surface area contributed by atoms with E-state index in [2.05, 4.69) is 0 Å². The van der Waals surface area contributed by atoms with Crippen LogP contribution in [0.3, 0.4) is 0 Å². The zero-order valence-electron chi connectivity index (χ0n) is 6.67. The van der Waals surface area contributed by atoms with E-state index in [-0.39, 0.29) is 21.4 Å². The van der Waals surface area contributed by atoms with E-state index >= 15 is 0 Å². The van der Waals surface area contributed by atoms with Crippen LogP contribution in [0.4, 0.5) is 0 Å². The van der Waals surface area contributed by atoms with Crippen LogP contribution < -0.4 is 4.74 Å². The van der Waals surface area contributed by atoms with E-state index in [1.54, 1.807) is 0 Å². The van der Waals surface area contributed by atoms with Crippen LogP contribution in [-0.2, 0) is 0 Å². The van der Waals surface area contributed by atoms with Crippen LogP contribution >= 0.6 is 23.2 Å². The topological polar surface area (TPSA) is 46.5 Å². The zero-order valence-corrected chi connectivity index (χ0v) is 8.19. The highest BCUT2D eigenvalue weighted by molar-refractivity contribution is 6.36. The fourth-order valence-corrected chi connectivity index (χ4v) is 1.50. The summed E-state index contributed by atoms with van der Waals surface area (Å²) < 4.78 is 4.82. The van der Waals surface area contributed by atoms with Crippen molar-refractivity contribution < 1.29 is 14.6 Å². The summed E-state index contributed by atoms with van der Waals surface area (Å²) >= 11 is 11.3. The molecule has 0 spiro atoms. The smallest absolute Gasteiger partial charge is 0.339 e. The van der Waals surface area contributed by atoms with Crippen LogP contribution in [0.5, 0.6) is 5.75 Å². The Morgan fingerprint density at radius 1 is 1.46 bits per heavy atom. The second kappa shape index (κ2) is 3.85. The largest absolute Gasteiger partial charge is 0.494 e. The summed E-state index contributed by atoms with van der Waals surface area (Å²) in [5, 5.41) is 9.20. The molecule has 0 radical (unpaired) electrons. The van der Waals surface area contributed by atoms with Crippen molar-refractivity contribution in [3.8, 4) is 5.75 Å². The van der Waals surface area contributed by atoms with Gasteiger partial charge >= 0.3 is 5.97 Å². The predicted molar refractivity (Wildman–Crippen MR) is 50.0 cm³/mol. The summed E-state index contributed by atoms with van der Waals surface area (Å²) in [5.74, 6) is -1.00. The Labute approximate surface area is 84.8 Å². The van der Waals surface area contributed by atoms with Crippen molar-refractivity contribution in [2.24, 2.45) is 0 Å². The molecule has 5 heteroatoms. The number of carboxylic acids is 1. The molecule has 1 rings (SSSR count). The van der Waals surface area contributed by atoms with Gasteiger partial charge in [-0.25, -0.2) is 4.79 Å². The number of benzene rings is 1. The van der Waals surface area contributed by atoms with E-state index in [0.717, 1.165) is 0 Å². The molecule has 0 aliphatic rings. The minimum atomic E-state index is -1.12. The number of halogens is 2. The first-order valence-corrected chi connectivity index (χ1v) is 4.08. The van der Waals surface area contributed by atoms with Crippen LogP contribution in [0.25, 0.3) is 0 Å². The third-order valence-electron chi connectivity index (χ3n) is 1.44. The molecule has 0 saturated heterocycles. The Balaban J connectivity index is 3.38. The van der Waals surface area contributed by atoms with Crippen molar-refractivity contribution in [2.75, 3.05) is 7.11 Å². The molecule has 0 heterocycles. The second-order valence-electron chi connectivity index (χ2n) is 2.27. The van der Waals surface area contributed by atoms with Gasteiger partial charge in [-0.1, -0.05) is 23.2 Å². The minimum absolute atomic E-state index is 0.0417. The molecule has 0 bridgehead atoms. The Bertz CT molecular complexity index is 349. The maximum Gasteiger partial charge on any atom is 0.339 e. The molecule has 0 aliphatic heterocycles. The molecule has 3 nitrogen and oxygen atoms in total. The Morgan fingerprint density at radius 3 is 2.54 bits per heavy atom. The van der Waals surface area contributed by atoms with Gasteiger partial charge in [-0.15, -0.1) is 0 Å². The molecule has 0 aromatic heterocycles. The molecule has 0 amide bonds. The predicted octanol–water partition coefficient (Wildman–Crippen LogP) is 2.70. The van der Waals surface area contributed by atoms with Crippen LogP contribution in [-0.4, -0.2) is 18.2 Å². The highest BCUT2D eigenvalue weighted by Gasteiger charge is 2.15. The lowest BCUT2D eigenvalue weighted by Crippen LogP contribution is -2.00. The summed E-state index contributed by atoms with van der Waals surface area (Å²) in [6, 6.07) is 2.71. The van der Waals surface area contributed by atoms with E-state index in [1.807, 2.05) is 0 Å². The van der Waals surface area contributed by atoms with Crippen molar-refractivity contribution in [1.29, 1.82) is 0 Å². The quantitative estimate of drug-likeness (QED) is 0.834. The number of ether oxygens (including phenoxy) is 1. The number of methoxy groups -OCH3 is 1. The molecule has 1 aromatic carbocycles. The first kappa shape index (κ1) is 10.2. The first-order valence-electron chi connectivity index (χ1n) is 3.32. The summed E-state index contributed by atoms with van der Waals surface area (Å²) in [7, 11) is 1.35. The van der Waals surface area contributed by atoms with Crippen molar-refractivity contribution in [3.63, 3.8) is 0 Å². The lowest BCUT2D eigenvalue weighted by molar-refractivity contribution is 0.0693. The lowest BCUT2D eigenvalue weighted by Gasteiger charge is -2.06. The van der Waals surface area contributed by atoms with E-state index in [9.17, 15) is 4.79 Å². The van der Waals surface area contributed by atoms with E-state index < -0.39 is 5.97 Å². The van der Waals surface area contributed by atoms with Gasteiger partial charge in [0, 0.05) is 5.02 Å². The molecule has 13 heavy (non-hydrogen) atoms. The number of rotatable bonds is 2. The van der Waals surface area contributed by atoms with Gasteiger partial charge < -0.3 is 9.84 Å². The van der Waals surface area contributed by atoms with Crippen molar-refractivity contribution in [3.05, 3.63) is 27.7 Å². The Hall–Kier alpha value is -0.930. The van der Waals surface area contributed by atoms with Gasteiger partial charge in [0.25, 0.3) is 0 Å². The summed E-state index contributed by atoms with van der Waals surface area (Å²) in [4.78, 5) is 10.7. The average molecular weight is 221 g/mol. The summed E-state index contributed by atoms with van der Waals surface area (Å²) in [5.41, 5.74) is -0.0417. The van der Waals surface area contributed by atoms with Gasteiger partial charge in [0.05, 0.1) is 12.1 Å². The number of hydrogen-bond acceptors (Lipinski definition) is 2. The number of hydrogen-bond donors (Lipinski definition) is 1. The third kappa shape index (κ3) is 2.05. The highest BCUT2D eigenvalue weighted by atomic mass is 35.5. The first-order chi connectivity index (χ1) is 6.06. The van der Waals surface area contributed by atoms with Crippen molar-refractivity contribution in [1.82, 2.24) is 0 Å². The van der Waals surface area contributed by atoms with Crippen molar-refractivity contribution >= 4 is 29.2 Å². The fraction of sp³-hybridized carbons (Fsp3) is 0.125. The monoisotopic (exact) mass is 220 g/mol. The molecule has 0 unspecified atom stereocenters. The number of carboxylic acid groups (broad SMARTS) is 1.